The summed E-state index contributed by atoms with van der Waals surface area (Å²) in [5.41, 5.74) is -1.78. The van der Waals surface area contributed by atoms with Crippen molar-refractivity contribution in [3.8, 4) is 0 Å². The average molecular weight is 396 g/mol. The van der Waals surface area contributed by atoms with Crippen molar-refractivity contribution in [1.29, 1.82) is 0 Å². The predicted octanol–water partition coefficient (Wildman–Crippen LogP) is 1.42. The lowest BCUT2D eigenvalue weighted by Crippen LogP contribution is -2.38. The van der Waals surface area contributed by atoms with Gasteiger partial charge in [-0.25, -0.2) is 4.98 Å². The fourth-order valence-corrected chi connectivity index (χ4v) is 2.91. The molecular formula is C18H19F3N4O3. The second-order valence-corrected chi connectivity index (χ2v) is 6.21. The fraction of sp³-hybridized carbons (Fsp3) is 0.389. The molecule has 0 unspecified atom stereocenters. The second kappa shape index (κ2) is 8.42. The molecule has 0 aliphatic carbocycles. The van der Waals surface area contributed by atoms with Crippen molar-refractivity contribution >= 4 is 11.7 Å². The van der Waals surface area contributed by atoms with Crippen LogP contribution in [-0.4, -0.2) is 41.8 Å². The molecule has 1 saturated heterocycles. The monoisotopic (exact) mass is 396 g/mol. The highest BCUT2D eigenvalue weighted by atomic mass is 19.4. The van der Waals surface area contributed by atoms with E-state index in [2.05, 4.69) is 10.3 Å². The minimum Gasteiger partial charge on any atom is -0.378 e. The Labute approximate surface area is 158 Å². The Morgan fingerprint density at radius 2 is 1.96 bits per heavy atom. The summed E-state index contributed by atoms with van der Waals surface area (Å²) in [4.78, 5) is 30.5. The Kier molecular flexibility index (Phi) is 5.98. The van der Waals surface area contributed by atoms with Crippen molar-refractivity contribution in [2.45, 2.75) is 19.3 Å². The van der Waals surface area contributed by atoms with Crippen LogP contribution < -0.4 is 15.8 Å². The van der Waals surface area contributed by atoms with Gasteiger partial charge in [0.2, 0.25) is 5.91 Å². The van der Waals surface area contributed by atoms with Gasteiger partial charge in [0.15, 0.2) is 0 Å². The third kappa shape index (κ3) is 4.69. The Morgan fingerprint density at radius 3 is 2.68 bits per heavy atom. The first-order valence-corrected chi connectivity index (χ1v) is 8.66. The molecule has 1 amide bonds. The minimum atomic E-state index is -4.76. The molecule has 0 bridgehead atoms. The maximum absolute atomic E-state index is 12.8. The van der Waals surface area contributed by atoms with E-state index in [1.54, 1.807) is 12.3 Å². The van der Waals surface area contributed by atoms with E-state index >= 15 is 0 Å². The van der Waals surface area contributed by atoms with Gasteiger partial charge in [-0.05, 0) is 18.2 Å². The summed E-state index contributed by atoms with van der Waals surface area (Å²) in [5.74, 6) is 0.153. The summed E-state index contributed by atoms with van der Waals surface area (Å²) in [6.07, 6.45) is -1.96. The summed E-state index contributed by atoms with van der Waals surface area (Å²) >= 11 is 0. The quantitative estimate of drug-likeness (QED) is 0.827. The molecule has 3 heterocycles. The van der Waals surface area contributed by atoms with Crippen LogP contribution in [0.25, 0.3) is 0 Å². The van der Waals surface area contributed by atoms with Crippen molar-refractivity contribution in [3.63, 3.8) is 0 Å². The minimum absolute atomic E-state index is 0.146. The molecule has 0 radical (unpaired) electrons. The second-order valence-electron chi connectivity index (χ2n) is 6.21. The number of pyridine rings is 2. The van der Waals surface area contributed by atoms with Gasteiger partial charge in [-0.3, -0.25) is 9.59 Å². The van der Waals surface area contributed by atoms with E-state index in [9.17, 15) is 22.8 Å². The smallest absolute Gasteiger partial charge is 0.378 e. The highest BCUT2D eigenvalue weighted by Gasteiger charge is 2.34. The summed E-state index contributed by atoms with van der Waals surface area (Å²) in [6, 6.07) is 5.34. The van der Waals surface area contributed by atoms with Gasteiger partial charge in [-0.1, -0.05) is 6.07 Å². The number of hydrogen-bond donors (Lipinski definition) is 1. The van der Waals surface area contributed by atoms with Crippen LogP contribution in [0, 0.1) is 0 Å². The lowest BCUT2D eigenvalue weighted by Gasteiger charge is -2.29. The molecule has 2 aromatic heterocycles. The highest BCUT2D eigenvalue weighted by molar-refractivity contribution is 5.75. The number of hydrogen-bond acceptors (Lipinski definition) is 5. The SMILES string of the molecule is O=C(Cn1cccc(C(F)(F)F)c1=O)NCc1cccnc1N1CCOCC1. The van der Waals surface area contributed by atoms with Gasteiger partial charge < -0.3 is 19.5 Å². The molecule has 10 heteroatoms. The molecule has 1 aliphatic rings. The molecule has 0 atom stereocenters. The molecule has 7 nitrogen and oxygen atoms in total. The van der Waals surface area contributed by atoms with E-state index in [4.69, 9.17) is 4.74 Å². The number of alkyl halides is 3. The van der Waals surface area contributed by atoms with E-state index in [1.165, 1.54) is 0 Å². The number of nitrogens with zero attached hydrogens (tertiary/aromatic N) is 3. The lowest BCUT2D eigenvalue weighted by atomic mass is 10.2. The van der Waals surface area contributed by atoms with Crippen LogP contribution in [0.5, 0.6) is 0 Å². The van der Waals surface area contributed by atoms with E-state index < -0.39 is 29.8 Å². The van der Waals surface area contributed by atoms with Crippen LogP contribution in [0.4, 0.5) is 19.0 Å². The Morgan fingerprint density at radius 1 is 1.21 bits per heavy atom. The first-order valence-electron chi connectivity index (χ1n) is 8.66. The maximum Gasteiger partial charge on any atom is 0.421 e. The molecule has 1 fully saturated rings. The maximum atomic E-state index is 12.8. The zero-order valence-electron chi connectivity index (χ0n) is 14.9. The summed E-state index contributed by atoms with van der Waals surface area (Å²) in [7, 11) is 0. The van der Waals surface area contributed by atoms with E-state index in [0.717, 1.165) is 28.2 Å². The van der Waals surface area contributed by atoms with Gasteiger partial charge in [0, 0.05) is 37.6 Å². The number of carbonyl (C=O) groups excluding carboxylic acids is 1. The molecule has 3 rings (SSSR count). The molecule has 0 aromatic carbocycles. The number of rotatable bonds is 5. The first-order chi connectivity index (χ1) is 13.4. The van der Waals surface area contributed by atoms with E-state index in [0.29, 0.717) is 32.4 Å². The van der Waals surface area contributed by atoms with E-state index in [1.807, 2.05) is 11.0 Å². The predicted molar refractivity (Wildman–Crippen MR) is 94.8 cm³/mol. The van der Waals surface area contributed by atoms with Crippen LogP contribution in [0.1, 0.15) is 11.1 Å². The molecule has 28 heavy (non-hydrogen) atoms. The first kappa shape index (κ1) is 19.9. The summed E-state index contributed by atoms with van der Waals surface area (Å²) < 4.78 is 44.5. The van der Waals surface area contributed by atoms with Crippen LogP contribution in [0.2, 0.25) is 0 Å². The number of anilines is 1. The van der Waals surface area contributed by atoms with Crippen molar-refractivity contribution < 1.29 is 22.7 Å². The summed E-state index contributed by atoms with van der Waals surface area (Å²) in [6.45, 7) is 2.17. The van der Waals surface area contributed by atoms with Crippen molar-refractivity contribution in [3.05, 3.63) is 58.1 Å². The van der Waals surface area contributed by atoms with Crippen LogP contribution in [-0.2, 0) is 28.8 Å². The largest absolute Gasteiger partial charge is 0.421 e. The van der Waals surface area contributed by atoms with Crippen molar-refractivity contribution in [2.75, 3.05) is 31.2 Å². The number of amides is 1. The number of ether oxygens (including phenoxy) is 1. The number of halogens is 3. The normalized spacial score (nSPS) is 14.8. The molecule has 0 saturated carbocycles. The Hall–Kier alpha value is -2.88. The van der Waals surface area contributed by atoms with Gasteiger partial charge in [0.1, 0.15) is 17.9 Å². The number of nitrogens with one attached hydrogen (secondary N) is 1. The van der Waals surface area contributed by atoms with Crippen molar-refractivity contribution in [2.24, 2.45) is 0 Å². The van der Waals surface area contributed by atoms with E-state index in [-0.39, 0.29) is 6.54 Å². The lowest BCUT2D eigenvalue weighted by molar-refractivity contribution is -0.139. The average Bonchev–Trinajstić information content (AvgIpc) is 2.68. The van der Waals surface area contributed by atoms with Gasteiger partial charge in [0.25, 0.3) is 5.56 Å². The van der Waals surface area contributed by atoms with Gasteiger partial charge in [0.05, 0.1) is 13.2 Å². The highest BCUT2D eigenvalue weighted by Crippen LogP contribution is 2.26. The van der Waals surface area contributed by atoms with Gasteiger partial charge >= 0.3 is 6.18 Å². The molecule has 1 aliphatic heterocycles. The van der Waals surface area contributed by atoms with Crippen molar-refractivity contribution in [1.82, 2.24) is 14.9 Å². The fourth-order valence-electron chi connectivity index (χ4n) is 2.91. The zero-order chi connectivity index (χ0) is 20.1. The third-order valence-corrected chi connectivity index (χ3v) is 4.29. The number of aromatic nitrogens is 2. The van der Waals surface area contributed by atoms with Crippen LogP contribution >= 0.6 is 0 Å². The molecule has 1 N–H and O–H groups in total. The third-order valence-electron chi connectivity index (χ3n) is 4.29. The molecule has 0 spiro atoms. The zero-order valence-corrected chi connectivity index (χ0v) is 14.9. The molecule has 150 valence electrons. The number of carbonyl (C=O) groups is 1. The van der Waals surface area contributed by atoms with Crippen LogP contribution in [0.3, 0.4) is 0 Å². The molecule has 2 aromatic rings. The molecular weight excluding hydrogens is 377 g/mol. The summed E-state index contributed by atoms with van der Waals surface area (Å²) in [5, 5.41) is 2.63. The van der Waals surface area contributed by atoms with Crippen LogP contribution in [0.15, 0.2) is 41.5 Å². The van der Waals surface area contributed by atoms with Gasteiger partial charge in [-0.2, -0.15) is 13.2 Å². The van der Waals surface area contributed by atoms with Gasteiger partial charge in [-0.15, -0.1) is 0 Å². The Bertz CT molecular complexity index is 892. The topological polar surface area (TPSA) is 76.5 Å². The number of morpholine rings is 1. The Balaban J connectivity index is 1.67. The standard InChI is InChI=1S/C18H19F3N4O3/c19-18(20,21)14-4-2-6-25(17(14)27)12-15(26)23-11-13-3-1-5-22-16(13)24-7-9-28-10-8-24/h1-6H,7-12H2,(H,23,26).